The summed E-state index contributed by atoms with van der Waals surface area (Å²) in [7, 11) is 1.26. The van der Waals surface area contributed by atoms with Crippen molar-refractivity contribution in [2.24, 2.45) is 10.8 Å². The van der Waals surface area contributed by atoms with Crippen LogP contribution >= 0.6 is 0 Å². The Morgan fingerprint density at radius 2 is 1.12 bits per heavy atom. The Kier molecular flexibility index (Phi) is 6.95. The Hall–Kier alpha value is -2.37. The number of nitrogens with one attached hydrogen (secondary N) is 2. The maximum absolute atomic E-state index is 12.5. The van der Waals surface area contributed by atoms with Crippen LogP contribution in [0.2, 0.25) is 0 Å². The van der Waals surface area contributed by atoms with Crippen LogP contribution in [-0.2, 0) is 4.74 Å². The van der Waals surface area contributed by atoms with Crippen molar-refractivity contribution in [3.63, 3.8) is 0 Å². The minimum Gasteiger partial charge on any atom is -0.465 e. The summed E-state index contributed by atoms with van der Waals surface area (Å²) in [5.41, 5.74) is 0.498. The van der Waals surface area contributed by atoms with Gasteiger partial charge in [-0.15, -0.1) is 0 Å². The van der Waals surface area contributed by atoms with Crippen molar-refractivity contribution < 1.29 is 19.1 Å². The number of carbonyl (C=O) groups excluding carboxylic acids is 3. The van der Waals surface area contributed by atoms with E-state index in [1.807, 2.05) is 41.5 Å². The molecule has 6 heteroatoms. The fraction of sp³-hybridized carbons (Fsp3) is 0.550. The number of rotatable bonds is 5. The van der Waals surface area contributed by atoms with Gasteiger partial charge in [0.15, 0.2) is 0 Å². The van der Waals surface area contributed by atoms with Gasteiger partial charge >= 0.3 is 5.97 Å². The van der Waals surface area contributed by atoms with Crippen LogP contribution in [0.1, 0.15) is 72.6 Å². The Morgan fingerprint density at radius 3 is 1.42 bits per heavy atom. The first-order valence-electron chi connectivity index (χ1n) is 8.62. The molecule has 0 aliphatic carbocycles. The summed E-state index contributed by atoms with van der Waals surface area (Å²) in [5, 5.41) is 5.65. The summed E-state index contributed by atoms with van der Waals surface area (Å²) in [5.74, 6) is -1.27. The van der Waals surface area contributed by atoms with E-state index >= 15 is 0 Å². The van der Waals surface area contributed by atoms with Crippen molar-refractivity contribution in [2.75, 3.05) is 20.2 Å². The fourth-order valence-electron chi connectivity index (χ4n) is 2.02. The molecule has 0 unspecified atom stereocenters. The second kappa shape index (κ2) is 8.34. The van der Waals surface area contributed by atoms with Crippen molar-refractivity contribution in [3.8, 4) is 0 Å². The lowest BCUT2D eigenvalue weighted by atomic mass is 9.96. The van der Waals surface area contributed by atoms with Crippen molar-refractivity contribution in [3.05, 3.63) is 34.9 Å². The van der Waals surface area contributed by atoms with Crippen LogP contribution in [0, 0.1) is 10.8 Å². The number of benzene rings is 1. The molecule has 1 aromatic rings. The molecule has 0 bridgehead atoms. The number of esters is 1. The lowest BCUT2D eigenvalue weighted by Gasteiger charge is -2.20. The minimum atomic E-state index is -0.597. The molecule has 2 N–H and O–H groups in total. The SMILES string of the molecule is COC(=O)c1cc(C(=O)NCC(C)(C)C)cc(C(=O)NCC(C)(C)C)c1. The van der Waals surface area contributed by atoms with Crippen LogP contribution in [0.5, 0.6) is 0 Å². The standard InChI is InChI=1S/C20H30N2O4/c1-19(2,3)11-21-16(23)13-8-14(10-15(9-13)18(25)26-7)17(24)22-12-20(4,5)6/h8-10H,11-12H2,1-7H3,(H,21,23)(H,22,24). The van der Waals surface area contributed by atoms with Gasteiger partial charge in [-0.25, -0.2) is 4.79 Å². The Bertz CT molecular complexity index is 634. The van der Waals surface area contributed by atoms with Gasteiger partial charge in [0.1, 0.15) is 0 Å². The van der Waals surface area contributed by atoms with E-state index in [-0.39, 0.29) is 39.3 Å². The lowest BCUT2D eigenvalue weighted by Crippen LogP contribution is -2.34. The average molecular weight is 362 g/mol. The molecule has 0 spiro atoms. The van der Waals surface area contributed by atoms with Crippen LogP contribution in [0.15, 0.2) is 18.2 Å². The van der Waals surface area contributed by atoms with Gasteiger partial charge in [-0.2, -0.15) is 0 Å². The zero-order valence-electron chi connectivity index (χ0n) is 16.8. The Morgan fingerprint density at radius 1 is 0.769 bits per heavy atom. The van der Waals surface area contributed by atoms with E-state index in [4.69, 9.17) is 4.74 Å². The maximum Gasteiger partial charge on any atom is 0.337 e. The van der Waals surface area contributed by atoms with Gasteiger partial charge in [0.05, 0.1) is 12.7 Å². The number of hydrogen-bond donors (Lipinski definition) is 2. The number of carbonyl (C=O) groups is 3. The van der Waals surface area contributed by atoms with Gasteiger partial charge in [0, 0.05) is 24.2 Å². The smallest absolute Gasteiger partial charge is 0.337 e. The quantitative estimate of drug-likeness (QED) is 0.789. The Labute approximate surface area is 155 Å². The molecule has 144 valence electrons. The molecule has 0 fully saturated rings. The van der Waals surface area contributed by atoms with Gasteiger partial charge < -0.3 is 15.4 Å². The molecule has 0 heterocycles. The van der Waals surface area contributed by atoms with E-state index < -0.39 is 5.97 Å². The van der Waals surface area contributed by atoms with Crippen molar-refractivity contribution >= 4 is 17.8 Å². The molecule has 1 rings (SSSR count). The molecule has 26 heavy (non-hydrogen) atoms. The first-order valence-corrected chi connectivity index (χ1v) is 8.62. The maximum atomic E-state index is 12.5. The number of ether oxygens (including phenoxy) is 1. The molecule has 0 aliphatic rings. The summed E-state index contributed by atoms with van der Waals surface area (Å²) < 4.78 is 4.73. The second-order valence-corrected chi connectivity index (χ2v) is 8.78. The molecule has 0 saturated heterocycles. The van der Waals surface area contributed by atoms with E-state index in [0.717, 1.165) is 0 Å². The van der Waals surface area contributed by atoms with Gasteiger partial charge in [-0.3, -0.25) is 9.59 Å². The summed E-state index contributed by atoms with van der Waals surface area (Å²) in [4.78, 5) is 36.8. The number of hydrogen-bond acceptors (Lipinski definition) is 4. The number of amides is 2. The van der Waals surface area contributed by atoms with Crippen LogP contribution in [0.25, 0.3) is 0 Å². The molecule has 6 nitrogen and oxygen atoms in total. The van der Waals surface area contributed by atoms with E-state index in [9.17, 15) is 14.4 Å². The van der Waals surface area contributed by atoms with Crippen LogP contribution < -0.4 is 10.6 Å². The molecule has 2 amide bonds. The highest BCUT2D eigenvalue weighted by Gasteiger charge is 2.19. The van der Waals surface area contributed by atoms with Crippen LogP contribution in [0.4, 0.5) is 0 Å². The number of methoxy groups -OCH3 is 1. The zero-order chi connectivity index (χ0) is 20.1. The van der Waals surface area contributed by atoms with Crippen molar-refractivity contribution in [2.45, 2.75) is 41.5 Å². The van der Waals surface area contributed by atoms with E-state index in [1.165, 1.54) is 25.3 Å². The summed E-state index contributed by atoms with van der Waals surface area (Å²) in [6.45, 7) is 13.0. The van der Waals surface area contributed by atoms with Gasteiger partial charge in [0.25, 0.3) is 11.8 Å². The second-order valence-electron chi connectivity index (χ2n) is 8.78. The predicted molar refractivity (Wildman–Crippen MR) is 101 cm³/mol. The normalized spacial score (nSPS) is 11.7. The van der Waals surface area contributed by atoms with Crippen LogP contribution in [-0.4, -0.2) is 38.0 Å². The Balaban J connectivity index is 3.12. The molecule has 0 aromatic heterocycles. The molecular formula is C20H30N2O4. The highest BCUT2D eigenvalue weighted by atomic mass is 16.5. The summed E-state index contributed by atoms with van der Waals surface area (Å²) in [6.07, 6.45) is 0. The van der Waals surface area contributed by atoms with E-state index in [2.05, 4.69) is 10.6 Å². The van der Waals surface area contributed by atoms with Gasteiger partial charge in [-0.1, -0.05) is 41.5 Å². The average Bonchev–Trinajstić information content (AvgIpc) is 2.54. The molecule has 0 radical (unpaired) electrons. The molecule has 0 saturated carbocycles. The third-order valence-electron chi connectivity index (χ3n) is 3.44. The van der Waals surface area contributed by atoms with Gasteiger partial charge in [-0.05, 0) is 29.0 Å². The summed E-state index contributed by atoms with van der Waals surface area (Å²) >= 11 is 0. The first-order chi connectivity index (χ1) is 11.8. The third-order valence-corrected chi connectivity index (χ3v) is 3.44. The molecule has 0 atom stereocenters. The predicted octanol–water partition coefficient (Wildman–Crippen LogP) is 3.03. The minimum absolute atomic E-state index is 0.0808. The first kappa shape index (κ1) is 21.7. The topological polar surface area (TPSA) is 84.5 Å². The fourth-order valence-corrected chi connectivity index (χ4v) is 2.02. The van der Waals surface area contributed by atoms with E-state index in [0.29, 0.717) is 13.1 Å². The van der Waals surface area contributed by atoms with Crippen LogP contribution in [0.3, 0.4) is 0 Å². The lowest BCUT2D eigenvalue weighted by molar-refractivity contribution is 0.0600. The highest BCUT2D eigenvalue weighted by Crippen LogP contribution is 2.15. The zero-order valence-corrected chi connectivity index (χ0v) is 16.8. The molecule has 0 aliphatic heterocycles. The monoisotopic (exact) mass is 362 g/mol. The summed E-state index contributed by atoms with van der Waals surface area (Å²) in [6, 6.07) is 4.36. The van der Waals surface area contributed by atoms with Crippen molar-refractivity contribution in [1.82, 2.24) is 10.6 Å². The molecule has 1 aromatic carbocycles. The highest BCUT2D eigenvalue weighted by molar-refractivity contribution is 6.03. The third kappa shape index (κ3) is 7.25. The largest absolute Gasteiger partial charge is 0.465 e. The van der Waals surface area contributed by atoms with Crippen molar-refractivity contribution in [1.29, 1.82) is 0 Å². The van der Waals surface area contributed by atoms with E-state index in [1.54, 1.807) is 0 Å². The van der Waals surface area contributed by atoms with Gasteiger partial charge in [0.2, 0.25) is 0 Å². The molecular weight excluding hydrogens is 332 g/mol.